The quantitative estimate of drug-likeness (QED) is 0.698. The minimum absolute atomic E-state index is 0.0352. The van der Waals surface area contributed by atoms with Crippen molar-refractivity contribution in [3.05, 3.63) is 48.4 Å². The van der Waals surface area contributed by atoms with Gasteiger partial charge in [0.2, 0.25) is 10.0 Å². The van der Waals surface area contributed by atoms with Gasteiger partial charge in [-0.25, -0.2) is 18.1 Å². The Labute approximate surface area is 184 Å². The first-order chi connectivity index (χ1) is 15.0. The molecule has 0 spiro atoms. The average Bonchev–Trinajstić information content (AvgIpc) is 2.81. The summed E-state index contributed by atoms with van der Waals surface area (Å²) in [6.07, 6.45) is 8.75. The molecule has 0 atom stereocenters. The SMILES string of the molecule is CN(Cc1cccnc1)[C@H]1CC[C@H](NS(=O)(=O)c2ccc(N3CCOCC3)nc2)CC1. The van der Waals surface area contributed by atoms with Crippen LogP contribution in [0, 0.1) is 0 Å². The zero-order valence-electron chi connectivity index (χ0n) is 18.0. The Kier molecular flexibility index (Phi) is 7.16. The summed E-state index contributed by atoms with van der Waals surface area (Å²) in [6, 6.07) is 7.89. The van der Waals surface area contributed by atoms with E-state index < -0.39 is 10.0 Å². The van der Waals surface area contributed by atoms with Crippen LogP contribution >= 0.6 is 0 Å². The minimum atomic E-state index is -3.57. The van der Waals surface area contributed by atoms with E-state index in [9.17, 15) is 8.42 Å². The van der Waals surface area contributed by atoms with Crippen LogP contribution in [0.3, 0.4) is 0 Å². The number of anilines is 1. The van der Waals surface area contributed by atoms with Crippen LogP contribution in [0.25, 0.3) is 0 Å². The Bertz CT molecular complexity index is 925. The summed E-state index contributed by atoms with van der Waals surface area (Å²) in [5.74, 6) is 0.791. The van der Waals surface area contributed by atoms with E-state index in [2.05, 4.69) is 37.6 Å². The fraction of sp³-hybridized carbons (Fsp3) is 0.545. The van der Waals surface area contributed by atoms with E-state index in [1.807, 2.05) is 12.3 Å². The molecular weight excluding hydrogens is 414 g/mol. The molecule has 0 radical (unpaired) electrons. The van der Waals surface area contributed by atoms with Crippen molar-refractivity contribution < 1.29 is 13.2 Å². The number of nitrogens with one attached hydrogen (secondary N) is 1. The molecule has 8 nitrogen and oxygen atoms in total. The molecule has 3 heterocycles. The van der Waals surface area contributed by atoms with Crippen LogP contribution in [-0.4, -0.2) is 68.7 Å². The van der Waals surface area contributed by atoms with Crippen molar-refractivity contribution in [2.75, 3.05) is 38.3 Å². The molecule has 1 saturated heterocycles. The number of ether oxygens (including phenoxy) is 1. The van der Waals surface area contributed by atoms with E-state index in [0.717, 1.165) is 51.1 Å². The smallest absolute Gasteiger partial charge is 0.242 e. The molecule has 1 aliphatic carbocycles. The number of rotatable bonds is 7. The highest BCUT2D eigenvalue weighted by Gasteiger charge is 2.28. The number of pyridine rings is 2. The molecule has 1 aliphatic heterocycles. The van der Waals surface area contributed by atoms with E-state index in [4.69, 9.17) is 4.74 Å². The number of nitrogens with zero attached hydrogens (tertiary/aromatic N) is 4. The molecular formula is C22H31N5O3S. The predicted molar refractivity (Wildman–Crippen MR) is 119 cm³/mol. The molecule has 4 rings (SSSR count). The summed E-state index contributed by atoms with van der Waals surface area (Å²) >= 11 is 0. The van der Waals surface area contributed by atoms with Crippen molar-refractivity contribution in [3.63, 3.8) is 0 Å². The van der Waals surface area contributed by atoms with Crippen LogP contribution < -0.4 is 9.62 Å². The lowest BCUT2D eigenvalue weighted by Crippen LogP contribution is -2.42. The van der Waals surface area contributed by atoms with Crippen LogP contribution in [0.1, 0.15) is 31.2 Å². The Morgan fingerprint density at radius 1 is 1.13 bits per heavy atom. The molecule has 31 heavy (non-hydrogen) atoms. The lowest BCUT2D eigenvalue weighted by molar-refractivity contribution is 0.122. The number of aromatic nitrogens is 2. The van der Waals surface area contributed by atoms with E-state index in [0.29, 0.717) is 19.3 Å². The van der Waals surface area contributed by atoms with E-state index in [-0.39, 0.29) is 10.9 Å². The lowest BCUT2D eigenvalue weighted by atomic mass is 9.91. The Hall–Kier alpha value is -2.07. The van der Waals surface area contributed by atoms with Gasteiger partial charge in [-0.15, -0.1) is 0 Å². The topological polar surface area (TPSA) is 87.7 Å². The summed E-state index contributed by atoms with van der Waals surface area (Å²) in [4.78, 5) is 13.2. The molecule has 9 heteroatoms. The third-order valence-corrected chi connectivity index (χ3v) is 7.67. The zero-order valence-corrected chi connectivity index (χ0v) is 18.8. The zero-order chi connectivity index (χ0) is 21.7. The third kappa shape index (κ3) is 5.79. The van der Waals surface area contributed by atoms with Gasteiger partial charge in [0.05, 0.1) is 13.2 Å². The van der Waals surface area contributed by atoms with Gasteiger partial charge in [-0.3, -0.25) is 9.88 Å². The molecule has 1 saturated carbocycles. The lowest BCUT2D eigenvalue weighted by Gasteiger charge is -2.34. The normalized spacial score (nSPS) is 22.6. The standard InChI is InChI=1S/C22H31N5O3S/c1-26(17-18-3-2-10-23-15-18)20-6-4-19(5-7-20)25-31(28,29)21-8-9-22(24-16-21)27-11-13-30-14-12-27/h2-3,8-10,15-16,19-20,25H,4-7,11-14,17H2,1H3/t19-,20-. The second-order valence-electron chi connectivity index (χ2n) is 8.35. The number of sulfonamides is 1. The predicted octanol–water partition coefficient (Wildman–Crippen LogP) is 2.03. The Morgan fingerprint density at radius 2 is 1.90 bits per heavy atom. The fourth-order valence-corrected chi connectivity index (χ4v) is 5.59. The van der Waals surface area contributed by atoms with Gasteiger partial charge in [0.1, 0.15) is 10.7 Å². The van der Waals surface area contributed by atoms with Crippen LogP contribution in [0.2, 0.25) is 0 Å². The van der Waals surface area contributed by atoms with Crippen molar-refractivity contribution >= 4 is 15.8 Å². The summed E-state index contributed by atoms with van der Waals surface area (Å²) in [5.41, 5.74) is 1.20. The first kappa shape index (κ1) is 22.1. The maximum atomic E-state index is 12.8. The molecule has 0 aromatic carbocycles. The van der Waals surface area contributed by atoms with Gasteiger partial charge in [0.25, 0.3) is 0 Å². The van der Waals surface area contributed by atoms with Crippen molar-refractivity contribution in [3.8, 4) is 0 Å². The largest absolute Gasteiger partial charge is 0.378 e. The summed E-state index contributed by atoms with van der Waals surface area (Å²) in [5, 5.41) is 0. The van der Waals surface area contributed by atoms with Gasteiger partial charge in [-0.2, -0.15) is 0 Å². The third-order valence-electron chi connectivity index (χ3n) is 6.16. The second kappa shape index (κ2) is 10.0. The molecule has 0 amide bonds. The first-order valence-corrected chi connectivity index (χ1v) is 12.4. The molecule has 2 fully saturated rings. The molecule has 2 aromatic rings. The number of hydrogen-bond donors (Lipinski definition) is 1. The van der Waals surface area contributed by atoms with E-state index in [1.54, 1.807) is 18.3 Å². The fourth-order valence-electron chi connectivity index (χ4n) is 4.34. The van der Waals surface area contributed by atoms with Crippen LogP contribution in [0.4, 0.5) is 5.82 Å². The maximum absolute atomic E-state index is 12.8. The number of morpholine rings is 1. The van der Waals surface area contributed by atoms with Gasteiger partial charge in [-0.05, 0) is 56.5 Å². The maximum Gasteiger partial charge on any atom is 0.242 e. The van der Waals surface area contributed by atoms with E-state index >= 15 is 0 Å². The van der Waals surface area contributed by atoms with Crippen molar-refractivity contribution in [2.24, 2.45) is 0 Å². The Balaban J connectivity index is 1.29. The molecule has 2 aliphatic rings. The highest BCUT2D eigenvalue weighted by molar-refractivity contribution is 7.89. The molecule has 168 valence electrons. The van der Waals surface area contributed by atoms with Gasteiger partial charge < -0.3 is 9.64 Å². The van der Waals surface area contributed by atoms with Crippen LogP contribution in [0.15, 0.2) is 47.8 Å². The van der Waals surface area contributed by atoms with Gasteiger partial charge in [0, 0.05) is 50.3 Å². The van der Waals surface area contributed by atoms with Gasteiger partial charge in [0.15, 0.2) is 0 Å². The highest BCUT2D eigenvalue weighted by Crippen LogP contribution is 2.25. The molecule has 1 N–H and O–H groups in total. The van der Waals surface area contributed by atoms with E-state index in [1.165, 1.54) is 11.8 Å². The van der Waals surface area contributed by atoms with Crippen molar-refractivity contribution in [1.29, 1.82) is 0 Å². The summed E-state index contributed by atoms with van der Waals surface area (Å²) in [7, 11) is -1.44. The molecule has 2 aromatic heterocycles. The number of hydrogen-bond acceptors (Lipinski definition) is 7. The molecule has 0 unspecified atom stereocenters. The highest BCUT2D eigenvalue weighted by atomic mass is 32.2. The van der Waals surface area contributed by atoms with Crippen LogP contribution in [0.5, 0.6) is 0 Å². The summed E-state index contributed by atoms with van der Waals surface area (Å²) < 4.78 is 33.9. The average molecular weight is 446 g/mol. The van der Waals surface area contributed by atoms with Crippen LogP contribution in [-0.2, 0) is 21.3 Å². The first-order valence-electron chi connectivity index (χ1n) is 10.9. The van der Waals surface area contributed by atoms with Crippen molar-refractivity contribution in [2.45, 2.75) is 49.2 Å². The second-order valence-corrected chi connectivity index (χ2v) is 10.1. The molecule has 0 bridgehead atoms. The minimum Gasteiger partial charge on any atom is -0.378 e. The van der Waals surface area contributed by atoms with Gasteiger partial charge >= 0.3 is 0 Å². The Morgan fingerprint density at radius 3 is 2.55 bits per heavy atom. The summed E-state index contributed by atoms with van der Waals surface area (Å²) in [6.45, 7) is 3.74. The van der Waals surface area contributed by atoms with Crippen molar-refractivity contribution in [1.82, 2.24) is 19.6 Å². The van der Waals surface area contributed by atoms with Gasteiger partial charge in [-0.1, -0.05) is 6.07 Å². The monoisotopic (exact) mass is 445 g/mol.